The van der Waals surface area contributed by atoms with Crippen molar-refractivity contribution in [3.05, 3.63) is 35.4 Å². The maximum absolute atomic E-state index is 12.6. The molecule has 3 N–H and O–H groups in total. The molecule has 134 valence electrons. The van der Waals surface area contributed by atoms with E-state index < -0.39 is 5.54 Å². The molecule has 0 aromatic heterocycles. The van der Waals surface area contributed by atoms with E-state index >= 15 is 0 Å². The maximum Gasteiger partial charge on any atom is 0.241 e. The minimum absolute atomic E-state index is 0.0381. The van der Waals surface area contributed by atoms with E-state index in [4.69, 9.17) is 15.2 Å². The lowest BCUT2D eigenvalue weighted by atomic mass is 9.54. The van der Waals surface area contributed by atoms with E-state index in [2.05, 4.69) is 5.32 Å². The normalized spacial score (nSPS) is 25.1. The van der Waals surface area contributed by atoms with Crippen molar-refractivity contribution in [3.63, 3.8) is 0 Å². The zero-order chi connectivity index (χ0) is 17.8. The van der Waals surface area contributed by atoms with Crippen LogP contribution < -0.4 is 11.1 Å². The van der Waals surface area contributed by atoms with Crippen molar-refractivity contribution < 1.29 is 14.3 Å². The molecule has 0 bridgehead atoms. The molecule has 2 rings (SSSR count). The third-order valence-electron chi connectivity index (χ3n) is 5.18. The van der Waals surface area contributed by atoms with Gasteiger partial charge in [-0.3, -0.25) is 4.79 Å². The Hall–Kier alpha value is -1.43. The molecule has 0 saturated heterocycles. The van der Waals surface area contributed by atoms with Gasteiger partial charge in [0, 0.05) is 31.6 Å². The summed E-state index contributed by atoms with van der Waals surface area (Å²) in [6, 6.07) is 8.06. The zero-order valence-electron chi connectivity index (χ0n) is 15.2. The molecule has 1 saturated carbocycles. The fourth-order valence-electron chi connectivity index (χ4n) is 3.13. The SMILES string of the molecule is CCOCc1ccc(CNC(=O)C2(N)CC(OCC)C2(C)C)cc1. The lowest BCUT2D eigenvalue weighted by molar-refractivity contribution is -0.170. The second-order valence-corrected chi connectivity index (χ2v) is 6.98. The summed E-state index contributed by atoms with van der Waals surface area (Å²) in [4.78, 5) is 12.6. The van der Waals surface area contributed by atoms with Crippen LogP contribution in [0.4, 0.5) is 0 Å². The van der Waals surface area contributed by atoms with Gasteiger partial charge in [0.25, 0.3) is 0 Å². The summed E-state index contributed by atoms with van der Waals surface area (Å²) >= 11 is 0. The van der Waals surface area contributed by atoms with Gasteiger partial charge in [-0.05, 0) is 25.0 Å². The van der Waals surface area contributed by atoms with Gasteiger partial charge in [0.2, 0.25) is 5.91 Å². The zero-order valence-corrected chi connectivity index (χ0v) is 15.2. The van der Waals surface area contributed by atoms with Gasteiger partial charge in [0.1, 0.15) is 5.54 Å². The van der Waals surface area contributed by atoms with Gasteiger partial charge in [-0.15, -0.1) is 0 Å². The van der Waals surface area contributed by atoms with Crippen LogP contribution in [0.2, 0.25) is 0 Å². The highest BCUT2D eigenvalue weighted by atomic mass is 16.5. The smallest absolute Gasteiger partial charge is 0.241 e. The maximum atomic E-state index is 12.6. The topological polar surface area (TPSA) is 73.6 Å². The number of benzene rings is 1. The number of rotatable bonds is 8. The van der Waals surface area contributed by atoms with Crippen LogP contribution in [0.3, 0.4) is 0 Å². The molecule has 1 aliphatic rings. The molecule has 1 amide bonds. The number of carbonyl (C=O) groups excluding carboxylic acids is 1. The van der Waals surface area contributed by atoms with Gasteiger partial charge in [-0.1, -0.05) is 38.1 Å². The minimum atomic E-state index is -0.873. The van der Waals surface area contributed by atoms with Gasteiger partial charge in [0.05, 0.1) is 12.7 Å². The van der Waals surface area contributed by atoms with Crippen LogP contribution in [-0.4, -0.2) is 30.8 Å². The Morgan fingerprint density at radius 2 is 1.83 bits per heavy atom. The first-order chi connectivity index (χ1) is 11.3. The van der Waals surface area contributed by atoms with E-state index in [1.807, 2.05) is 52.0 Å². The van der Waals surface area contributed by atoms with E-state index in [0.29, 0.717) is 32.8 Å². The summed E-state index contributed by atoms with van der Waals surface area (Å²) in [5.74, 6) is -0.109. The van der Waals surface area contributed by atoms with Crippen LogP contribution in [-0.2, 0) is 27.4 Å². The molecule has 5 nitrogen and oxygen atoms in total. The van der Waals surface area contributed by atoms with Crippen molar-refractivity contribution in [2.45, 2.75) is 58.9 Å². The molecule has 2 atom stereocenters. The van der Waals surface area contributed by atoms with Crippen molar-refractivity contribution in [2.75, 3.05) is 13.2 Å². The molecular formula is C19H30N2O3. The highest BCUT2D eigenvalue weighted by Crippen LogP contribution is 2.49. The molecule has 0 heterocycles. The largest absolute Gasteiger partial charge is 0.378 e. The lowest BCUT2D eigenvalue weighted by Crippen LogP contribution is -2.75. The van der Waals surface area contributed by atoms with Gasteiger partial charge < -0.3 is 20.5 Å². The number of nitrogens with one attached hydrogen (secondary N) is 1. The Morgan fingerprint density at radius 1 is 1.21 bits per heavy atom. The summed E-state index contributed by atoms with van der Waals surface area (Å²) in [6.45, 7) is 10.4. The number of carbonyl (C=O) groups is 1. The fourth-order valence-corrected chi connectivity index (χ4v) is 3.13. The Labute approximate surface area is 144 Å². The van der Waals surface area contributed by atoms with Crippen molar-refractivity contribution >= 4 is 5.91 Å². The summed E-state index contributed by atoms with van der Waals surface area (Å²) in [6.07, 6.45) is 0.601. The first kappa shape index (κ1) is 18.9. The predicted molar refractivity (Wildman–Crippen MR) is 94.3 cm³/mol. The third-order valence-corrected chi connectivity index (χ3v) is 5.18. The Morgan fingerprint density at radius 3 is 2.38 bits per heavy atom. The Kier molecular flexibility index (Phi) is 6.01. The van der Waals surface area contributed by atoms with E-state index in [0.717, 1.165) is 11.1 Å². The second-order valence-electron chi connectivity index (χ2n) is 6.98. The first-order valence-corrected chi connectivity index (χ1v) is 8.69. The van der Waals surface area contributed by atoms with Crippen LogP contribution in [0.5, 0.6) is 0 Å². The van der Waals surface area contributed by atoms with Crippen molar-refractivity contribution in [2.24, 2.45) is 11.1 Å². The summed E-state index contributed by atoms with van der Waals surface area (Å²) in [7, 11) is 0. The number of hydrogen-bond acceptors (Lipinski definition) is 4. The van der Waals surface area contributed by atoms with Gasteiger partial charge in [-0.2, -0.15) is 0 Å². The van der Waals surface area contributed by atoms with Gasteiger partial charge in [-0.25, -0.2) is 0 Å². The standard InChI is InChI=1S/C19H30N2O3/c1-5-23-13-15-9-7-14(8-10-15)12-21-17(22)19(20)11-16(24-6-2)18(19,3)4/h7-10,16H,5-6,11-13,20H2,1-4H3,(H,21,22). The van der Waals surface area contributed by atoms with Crippen LogP contribution in [0, 0.1) is 5.41 Å². The Bertz CT molecular complexity index is 556. The molecule has 2 unspecified atom stereocenters. The number of ether oxygens (including phenoxy) is 2. The molecular weight excluding hydrogens is 304 g/mol. The van der Waals surface area contributed by atoms with Crippen LogP contribution in [0.15, 0.2) is 24.3 Å². The number of nitrogens with two attached hydrogens (primary N) is 1. The predicted octanol–water partition coefficient (Wildman–Crippen LogP) is 2.37. The van der Waals surface area contributed by atoms with E-state index in [-0.39, 0.29) is 17.4 Å². The molecule has 1 aromatic rings. The van der Waals surface area contributed by atoms with Crippen LogP contribution in [0.25, 0.3) is 0 Å². The summed E-state index contributed by atoms with van der Waals surface area (Å²) < 4.78 is 11.1. The van der Waals surface area contributed by atoms with Crippen molar-refractivity contribution in [1.82, 2.24) is 5.32 Å². The average molecular weight is 334 g/mol. The molecule has 1 fully saturated rings. The van der Waals surface area contributed by atoms with Gasteiger partial charge in [0.15, 0.2) is 0 Å². The van der Waals surface area contributed by atoms with E-state index in [9.17, 15) is 4.79 Å². The molecule has 5 heteroatoms. The minimum Gasteiger partial charge on any atom is -0.378 e. The second kappa shape index (κ2) is 7.64. The number of amides is 1. The fraction of sp³-hybridized carbons (Fsp3) is 0.632. The lowest BCUT2D eigenvalue weighted by Gasteiger charge is -2.57. The highest BCUT2D eigenvalue weighted by molar-refractivity contribution is 5.88. The highest BCUT2D eigenvalue weighted by Gasteiger charge is 2.62. The molecule has 1 aliphatic carbocycles. The van der Waals surface area contributed by atoms with Crippen molar-refractivity contribution in [3.8, 4) is 0 Å². The molecule has 0 spiro atoms. The molecule has 0 aliphatic heterocycles. The molecule has 0 radical (unpaired) electrons. The van der Waals surface area contributed by atoms with Crippen LogP contribution in [0.1, 0.15) is 45.2 Å². The van der Waals surface area contributed by atoms with E-state index in [1.165, 1.54) is 0 Å². The van der Waals surface area contributed by atoms with Crippen LogP contribution >= 0.6 is 0 Å². The summed E-state index contributed by atoms with van der Waals surface area (Å²) in [5.41, 5.74) is 7.31. The number of hydrogen-bond donors (Lipinski definition) is 2. The average Bonchev–Trinajstić information content (AvgIpc) is 2.58. The third kappa shape index (κ3) is 3.63. The monoisotopic (exact) mass is 334 g/mol. The Balaban J connectivity index is 1.89. The van der Waals surface area contributed by atoms with E-state index in [1.54, 1.807) is 0 Å². The van der Waals surface area contributed by atoms with Crippen molar-refractivity contribution in [1.29, 1.82) is 0 Å². The van der Waals surface area contributed by atoms with Gasteiger partial charge >= 0.3 is 0 Å². The first-order valence-electron chi connectivity index (χ1n) is 8.69. The molecule has 24 heavy (non-hydrogen) atoms. The molecule has 1 aromatic carbocycles. The summed E-state index contributed by atoms with van der Waals surface area (Å²) in [5, 5.41) is 2.97. The quantitative estimate of drug-likeness (QED) is 0.765.